The van der Waals surface area contributed by atoms with Gasteiger partial charge in [-0.05, 0) is 12.8 Å². The van der Waals surface area contributed by atoms with E-state index in [1.54, 1.807) is 0 Å². The maximum atomic E-state index is 8.90. The summed E-state index contributed by atoms with van der Waals surface area (Å²) in [5.41, 5.74) is 0. The van der Waals surface area contributed by atoms with Crippen molar-refractivity contribution in [3.63, 3.8) is 0 Å². The van der Waals surface area contributed by atoms with Crippen molar-refractivity contribution in [1.29, 1.82) is 0 Å². The highest BCUT2D eigenvalue weighted by molar-refractivity contribution is 4.90. The van der Waals surface area contributed by atoms with Crippen LogP contribution in [0.5, 0.6) is 0 Å². The van der Waals surface area contributed by atoms with E-state index in [2.05, 4.69) is 0 Å². The summed E-state index contributed by atoms with van der Waals surface area (Å²) in [5, 5.41) is 8.90. The van der Waals surface area contributed by atoms with E-state index in [4.69, 9.17) is 19.3 Å². The molecule has 2 heterocycles. The van der Waals surface area contributed by atoms with Crippen LogP contribution >= 0.6 is 0 Å². The summed E-state index contributed by atoms with van der Waals surface area (Å²) < 4.78 is 17.2. The molecule has 16 heavy (non-hydrogen) atoms. The van der Waals surface area contributed by atoms with Gasteiger partial charge < -0.3 is 19.3 Å². The summed E-state index contributed by atoms with van der Waals surface area (Å²) in [4.78, 5) is 0. The maximum absolute atomic E-state index is 8.90. The van der Waals surface area contributed by atoms with Crippen molar-refractivity contribution in [2.45, 2.75) is 62.6 Å². The van der Waals surface area contributed by atoms with E-state index in [1.165, 1.54) is 19.3 Å². The molecule has 0 bridgehead atoms. The summed E-state index contributed by atoms with van der Waals surface area (Å²) in [6, 6.07) is 0. The third-order valence-corrected chi connectivity index (χ3v) is 3.89. The minimum absolute atomic E-state index is 0.0477. The lowest BCUT2D eigenvalue weighted by molar-refractivity contribution is -0.187. The summed E-state index contributed by atoms with van der Waals surface area (Å²) in [5.74, 6) is -0.271. The fourth-order valence-corrected chi connectivity index (χ4v) is 2.89. The van der Waals surface area contributed by atoms with Gasteiger partial charge in [-0.15, -0.1) is 0 Å². The molecule has 0 aromatic rings. The molecule has 0 aromatic heterocycles. The van der Waals surface area contributed by atoms with Crippen molar-refractivity contribution in [2.24, 2.45) is 0 Å². The predicted octanol–water partition coefficient (Wildman–Crippen LogP) is 1.21. The van der Waals surface area contributed by atoms with Crippen LogP contribution in [0.2, 0.25) is 0 Å². The Balaban J connectivity index is 1.49. The first-order chi connectivity index (χ1) is 7.81. The summed E-state index contributed by atoms with van der Waals surface area (Å²) >= 11 is 0. The quantitative estimate of drug-likeness (QED) is 0.738. The molecule has 1 N–H and O–H groups in total. The van der Waals surface area contributed by atoms with Crippen LogP contribution in [0.4, 0.5) is 0 Å². The van der Waals surface area contributed by atoms with Crippen LogP contribution in [0.3, 0.4) is 0 Å². The Morgan fingerprint density at radius 2 is 1.94 bits per heavy atom. The van der Waals surface area contributed by atoms with E-state index in [-0.39, 0.29) is 30.7 Å². The zero-order valence-corrected chi connectivity index (χ0v) is 9.56. The van der Waals surface area contributed by atoms with Gasteiger partial charge in [-0.1, -0.05) is 6.42 Å². The second-order valence-corrected chi connectivity index (χ2v) is 5.15. The topological polar surface area (TPSA) is 51.2 Å². The summed E-state index contributed by atoms with van der Waals surface area (Å²) in [6.07, 6.45) is 7.09. The molecule has 1 aliphatic carbocycles. The van der Waals surface area contributed by atoms with Gasteiger partial charge in [-0.2, -0.15) is 0 Å². The highest BCUT2D eigenvalue weighted by Crippen LogP contribution is 2.40. The van der Waals surface area contributed by atoms with Crippen LogP contribution < -0.4 is 0 Å². The van der Waals surface area contributed by atoms with E-state index in [0.29, 0.717) is 6.61 Å². The largest absolute Gasteiger partial charge is 0.394 e. The van der Waals surface area contributed by atoms with E-state index in [9.17, 15) is 0 Å². The van der Waals surface area contributed by atoms with E-state index in [0.717, 1.165) is 19.3 Å². The molecule has 0 amide bonds. The molecule has 3 atom stereocenters. The van der Waals surface area contributed by atoms with Crippen molar-refractivity contribution in [3.05, 3.63) is 0 Å². The molecule has 4 nitrogen and oxygen atoms in total. The number of aliphatic hydroxyl groups excluding tert-OH is 1. The zero-order chi connectivity index (χ0) is 11.0. The fraction of sp³-hybridized carbons (Fsp3) is 1.00. The van der Waals surface area contributed by atoms with Gasteiger partial charge in [0.15, 0.2) is 5.79 Å². The van der Waals surface area contributed by atoms with E-state index in [1.807, 2.05) is 0 Å². The van der Waals surface area contributed by atoms with Gasteiger partial charge in [0.1, 0.15) is 6.10 Å². The lowest BCUT2D eigenvalue weighted by Crippen LogP contribution is -2.33. The van der Waals surface area contributed by atoms with Gasteiger partial charge in [-0.25, -0.2) is 0 Å². The van der Waals surface area contributed by atoms with Crippen LogP contribution in [-0.4, -0.2) is 42.4 Å². The molecule has 3 rings (SSSR count). The van der Waals surface area contributed by atoms with Crippen LogP contribution in [0.25, 0.3) is 0 Å². The van der Waals surface area contributed by atoms with Crippen LogP contribution in [0, 0.1) is 0 Å². The molecule has 1 saturated carbocycles. The van der Waals surface area contributed by atoms with Gasteiger partial charge in [0.05, 0.1) is 25.4 Å². The van der Waals surface area contributed by atoms with Crippen LogP contribution in [-0.2, 0) is 14.2 Å². The minimum Gasteiger partial charge on any atom is -0.394 e. The molecule has 3 fully saturated rings. The molecule has 0 aromatic carbocycles. The molecular formula is C12H20O4. The normalized spacial score (nSPS) is 41.4. The van der Waals surface area contributed by atoms with Crippen molar-refractivity contribution < 1.29 is 19.3 Å². The first-order valence-corrected chi connectivity index (χ1v) is 6.39. The number of epoxide rings is 1. The molecule has 4 heteroatoms. The first-order valence-electron chi connectivity index (χ1n) is 6.39. The second kappa shape index (κ2) is 4.26. The standard InChI is InChI=1S/C12H20O4/c13-7-11-10(15-11)6-9-8-14-12(16-9)4-2-1-3-5-12/h9-11,13H,1-8H2/t9-,10-,11-/m1/s1. The highest BCUT2D eigenvalue weighted by Gasteiger charge is 2.46. The first kappa shape index (κ1) is 11.0. The zero-order valence-electron chi connectivity index (χ0n) is 9.56. The minimum atomic E-state index is -0.271. The smallest absolute Gasteiger partial charge is 0.168 e. The number of hydrogen-bond acceptors (Lipinski definition) is 4. The predicted molar refractivity (Wildman–Crippen MR) is 57.0 cm³/mol. The van der Waals surface area contributed by atoms with Gasteiger partial charge in [0, 0.05) is 19.3 Å². The number of aliphatic hydroxyl groups is 1. The third kappa shape index (κ3) is 2.12. The Morgan fingerprint density at radius 1 is 1.12 bits per heavy atom. The molecule has 3 aliphatic rings. The molecule has 2 aliphatic heterocycles. The summed E-state index contributed by atoms with van der Waals surface area (Å²) in [6.45, 7) is 0.821. The lowest BCUT2D eigenvalue weighted by atomic mass is 9.94. The maximum Gasteiger partial charge on any atom is 0.168 e. The van der Waals surface area contributed by atoms with Crippen molar-refractivity contribution in [1.82, 2.24) is 0 Å². The van der Waals surface area contributed by atoms with E-state index >= 15 is 0 Å². The lowest BCUT2D eigenvalue weighted by Gasteiger charge is -2.31. The average Bonchev–Trinajstić information content (AvgIpc) is 2.96. The molecule has 0 unspecified atom stereocenters. The van der Waals surface area contributed by atoms with Crippen LogP contribution in [0.1, 0.15) is 38.5 Å². The second-order valence-electron chi connectivity index (χ2n) is 5.15. The Labute approximate surface area is 95.9 Å². The molecule has 1 spiro atoms. The SMILES string of the molecule is OC[C@H]1O[C@@H]1C[C@@H]1COC2(CCCCC2)O1. The molecular weight excluding hydrogens is 208 g/mol. The Morgan fingerprint density at radius 3 is 2.62 bits per heavy atom. The average molecular weight is 228 g/mol. The Kier molecular flexibility index (Phi) is 2.92. The molecule has 2 saturated heterocycles. The summed E-state index contributed by atoms with van der Waals surface area (Å²) in [7, 11) is 0. The monoisotopic (exact) mass is 228 g/mol. The number of ether oxygens (including phenoxy) is 3. The van der Waals surface area contributed by atoms with Gasteiger partial charge in [-0.3, -0.25) is 0 Å². The Bertz CT molecular complexity index is 249. The Hall–Kier alpha value is -0.160. The number of hydrogen-bond donors (Lipinski definition) is 1. The molecule has 0 radical (unpaired) electrons. The fourth-order valence-electron chi connectivity index (χ4n) is 2.89. The van der Waals surface area contributed by atoms with Crippen molar-refractivity contribution in [3.8, 4) is 0 Å². The van der Waals surface area contributed by atoms with E-state index < -0.39 is 0 Å². The third-order valence-electron chi connectivity index (χ3n) is 3.89. The molecule has 92 valence electrons. The van der Waals surface area contributed by atoms with Crippen LogP contribution in [0.15, 0.2) is 0 Å². The highest BCUT2D eigenvalue weighted by atomic mass is 16.7. The van der Waals surface area contributed by atoms with Gasteiger partial charge in [0.25, 0.3) is 0 Å². The van der Waals surface area contributed by atoms with Crippen molar-refractivity contribution in [2.75, 3.05) is 13.2 Å². The van der Waals surface area contributed by atoms with Gasteiger partial charge >= 0.3 is 0 Å². The van der Waals surface area contributed by atoms with Gasteiger partial charge in [0.2, 0.25) is 0 Å². The number of rotatable bonds is 3. The van der Waals surface area contributed by atoms with Crippen molar-refractivity contribution >= 4 is 0 Å².